The fourth-order valence-electron chi connectivity index (χ4n) is 8.17. The molecule has 6 heteroatoms. The van der Waals surface area contributed by atoms with Crippen molar-refractivity contribution in [3.63, 3.8) is 0 Å². The molecule has 0 aliphatic carbocycles. The molecule has 6 nitrogen and oxygen atoms in total. The van der Waals surface area contributed by atoms with Gasteiger partial charge in [-0.2, -0.15) is 9.97 Å². The molecular weight excluding hydrogens is 677 g/mol. The summed E-state index contributed by atoms with van der Waals surface area (Å²) in [7, 11) is 0. The first-order valence-corrected chi connectivity index (χ1v) is 18.9. The Morgan fingerprint density at radius 2 is 1.18 bits per heavy atom. The Labute approximate surface area is 316 Å². The number of aromatic nitrogens is 4. The summed E-state index contributed by atoms with van der Waals surface area (Å²) in [5, 5.41) is 6.56. The van der Waals surface area contributed by atoms with Gasteiger partial charge in [-0.3, -0.25) is 4.57 Å². The lowest BCUT2D eigenvalue weighted by Crippen LogP contribution is -2.06. The monoisotopic (exact) mass is 710 g/mol. The van der Waals surface area contributed by atoms with E-state index in [4.69, 9.17) is 23.8 Å². The van der Waals surface area contributed by atoms with Crippen LogP contribution in [0.4, 0.5) is 0 Å². The minimum atomic E-state index is 0.545. The Morgan fingerprint density at radius 3 is 2.07 bits per heavy atom. The van der Waals surface area contributed by atoms with Gasteiger partial charge in [-0.15, -0.1) is 0 Å². The van der Waals surface area contributed by atoms with Gasteiger partial charge in [-0.1, -0.05) is 116 Å². The second-order valence-electron chi connectivity index (χ2n) is 14.3. The van der Waals surface area contributed by atoms with Crippen LogP contribution in [0.1, 0.15) is 25.3 Å². The van der Waals surface area contributed by atoms with Gasteiger partial charge in [-0.25, -0.2) is 4.98 Å². The van der Waals surface area contributed by atoms with Gasteiger partial charge < -0.3 is 8.83 Å². The Kier molecular flexibility index (Phi) is 7.17. The highest BCUT2D eigenvalue weighted by molar-refractivity contribution is 6.13. The largest absolute Gasteiger partial charge is 0.456 e. The summed E-state index contributed by atoms with van der Waals surface area (Å²) >= 11 is 0. The Bertz CT molecular complexity index is 3260. The van der Waals surface area contributed by atoms with Crippen LogP contribution in [0, 0.1) is 0 Å². The van der Waals surface area contributed by atoms with Gasteiger partial charge in [0.15, 0.2) is 11.6 Å². The summed E-state index contributed by atoms with van der Waals surface area (Å²) in [6.45, 7) is 2.23. The van der Waals surface area contributed by atoms with Crippen LogP contribution in [0.2, 0.25) is 0 Å². The van der Waals surface area contributed by atoms with Crippen molar-refractivity contribution in [1.82, 2.24) is 19.5 Å². The zero-order valence-electron chi connectivity index (χ0n) is 30.2. The third-order valence-electron chi connectivity index (χ3n) is 10.9. The molecule has 0 amide bonds. The van der Waals surface area contributed by atoms with Crippen LogP contribution in [-0.2, 0) is 6.42 Å². The van der Waals surface area contributed by atoms with Crippen molar-refractivity contribution in [3.05, 3.63) is 157 Å². The summed E-state index contributed by atoms with van der Waals surface area (Å²) in [5.74, 6) is 1.72. The molecule has 0 bridgehead atoms. The number of rotatable bonds is 7. The normalized spacial score (nSPS) is 11.9. The third-order valence-corrected chi connectivity index (χ3v) is 10.9. The molecule has 0 spiro atoms. The summed E-state index contributed by atoms with van der Waals surface area (Å²) in [6, 6.07) is 52.6. The quantitative estimate of drug-likeness (QED) is 0.165. The maximum absolute atomic E-state index is 6.43. The van der Waals surface area contributed by atoms with Crippen LogP contribution in [-0.4, -0.2) is 19.5 Å². The van der Waals surface area contributed by atoms with Gasteiger partial charge in [0.05, 0.1) is 11.0 Å². The lowest BCUT2D eigenvalue weighted by molar-refractivity contribution is 0.668. The molecule has 0 unspecified atom stereocenters. The number of nitrogens with zero attached hydrogens (tertiary/aromatic N) is 4. The van der Waals surface area contributed by atoms with Crippen molar-refractivity contribution >= 4 is 65.7 Å². The van der Waals surface area contributed by atoms with Crippen molar-refractivity contribution < 1.29 is 8.83 Å². The van der Waals surface area contributed by atoms with E-state index in [2.05, 4.69) is 102 Å². The highest BCUT2D eigenvalue weighted by Crippen LogP contribution is 2.39. The average molecular weight is 711 g/mol. The summed E-state index contributed by atoms with van der Waals surface area (Å²) < 4.78 is 14.9. The predicted molar refractivity (Wildman–Crippen MR) is 224 cm³/mol. The third kappa shape index (κ3) is 5.13. The van der Waals surface area contributed by atoms with E-state index in [9.17, 15) is 0 Å². The molecule has 0 atom stereocenters. The predicted octanol–water partition coefficient (Wildman–Crippen LogP) is 13.1. The Balaban J connectivity index is 1.12. The molecule has 55 heavy (non-hydrogen) atoms. The summed E-state index contributed by atoms with van der Waals surface area (Å²) in [5.41, 5.74) is 10.8. The van der Waals surface area contributed by atoms with Gasteiger partial charge in [-0.05, 0) is 78.1 Å². The SMILES string of the molecule is CCCCc1ccc2oc3cc(-c4ccc5c6ccccc6n(-c6nc(-c7ccccc7)nc(-c7cccc8oc9ccccc9c78)n6)c5c4)ccc3c2c1. The molecule has 0 fully saturated rings. The van der Waals surface area contributed by atoms with E-state index in [1.165, 1.54) is 23.8 Å². The van der Waals surface area contributed by atoms with Crippen molar-refractivity contribution in [1.29, 1.82) is 0 Å². The van der Waals surface area contributed by atoms with Gasteiger partial charge in [0.1, 0.15) is 22.3 Å². The van der Waals surface area contributed by atoms with Crippen molar-refractivity contribution in [3.8, 4) is 39.9 Å². The molecule has 0 aliphatic heterocycles. The van der Waals surface area contributed by atoms with Crippen LogP contribution in [0.25, 0.3) is 106 Å². The first kappa shape index (κ1) is 31.5. The smallest absolute Gasteiger partial charge is 0.238 e. The molecule has 0 saturated heterocycles. The van der Waals surface area contributed by atoms with E-state index in [0.29, 0.717) is 17.6 Å². The van der Waals surface area contributed by atoms with E-state index >= 15 is 0 Å². The first-order chi connectivity index (χ1) is 27.2. The fourth-order valence-corrected chi connectivity index (χ4v) is 8.17. The molecule has 0 N–H and O–H groups in total. The minimum Gasteiger partial charge on any atom is -0.456 e. The fraction of sp³-hybridized carbons (Fsp3) is 0.0816. The first-order valence-electron chi connectivity index (χ1n) is 18.9. The summed E-state index contributed by atoms with van der Waals surface area (Å²) in [4.78, 5) is 15.6. The van der Waals surface area contributed by atoms with Crippen LogP contribution in [0.3, 0.4) is 0 Å². The number of fused-ring (bicyclic) bond motifs is 9. The number of para-hydroxylation sites is 2. The number of unbranched alkanes of at least 4 members (excludes halogenated alkanes) is 1. The van der Waals surface area contributed by atoms with Crippen molar-refractivity contribution in [2.75, 3.05) is 0 Å². The van der Waals surface area contributed by atoms with E-state index in [-0.39, 0.29) is 0 Å². The highest BCUT2D eigenvalue weighted by atomic mass is 16.3. The zero-order valence-corrected chi connectivity index (χ0v) is 30.2. The van der Waals surface area contributed by atoms with Gasteiger partial charge in [0, 0.05) is 43.4 Å². The number of hydrogen-bond donors (Lipinski definition) is 0. The maximum atomic E-state index is 6.43. The van der Waals surface area contributed by atoms with E-state index < -0.39 is 0 Å². The summed E-state index contributed by atoms with van der Waals surface area (Å²) in [6.07, 6.45) is 3.44. The maximum Gasteiger partial charge on any atom is 0.238 e. The number of hydrogen-bond acceptors (Lipinski definition) is 5. The number of furan rings is 2. The zero-order chi connectivity index (χ0) is 36.5. The lowest BCUT2D eigenvalue weighted by atomic mass is 10.0. The Hall–Kier alpha value is -7.05. The van der Waals surface area contributed by atoms with Gasteiger partial charge in [0.2, 0.25) is 5.95 Å². The standard InChI is InChI=1S/C49H34N4O2/c1-2-3-12-30-21-26-43-39(27-30)36-25-23-33(29-45(36)55-43)32-22-24-35-34-15-7-9-18-40(34)53(41(35)28-32)49-51-47(31-13-5-4-6-14-31)50-48(52-49)38-17-11-20-44-46(38)37-16-8-10-19-42(37)54-44/h4-11,13-29H,2-3,12H2,1H3. The van der Waals surface area contributed by atoms with E-state index in [1.807, 2.05) is 60.7 Å². The van der Waals surface area contributed by atoms with Crippen LogP contribution < -0.4 is 0 Å². The highest BCUT2D eigenvalue weighted by Gasteiger charge is 2.21. The van der Waals surface area contributed by atoms with Crippen molar-refractivity contribution in [2.24, 2.45) is 0 Å². The number of benzene rings is 7. The molecule has 4 aromatic heterocycles. The Morgan fingerprint density at radius 1 is 0.473 bits per heavy atom. The second kappa shape index (κ2) is 12.5. The molecule has 0 saturated carbocycles. The second-order valence-corrected chi connectivity index (χ2v) is 14.3. The molecule has 0 aliphatic rings. The van der Waals surface area contributed by atoms with Crippen LogP contribution >= 0.6 is 0 Å². The molecule has 0 radical (unpaired) electrons. The van der Waals surface area contributed by atoms with E-state index in [0.717, 1.165) is 89.0 Å². The molecule has 4 heterocycles. The topological polar surface area (TPSA) is 69.9 Å². The van der Waals surface area contributed by atoms with Gasteiger partial charge >= 0.3 is 0 Å². The van der Waals surface area contributed by atoms with Crippen molar-refractivity contribution in [2.45, 2.75) is 26.2 Å². The lowest BCUT2D eigenvalue weighted by Gasteiger charge is -2.12. The van der Waals surface area contributed by atoms with Gasteiger partial charge in [0.25, 0.3) is 0 Å². The minimum absolute atomic E-state index is 0.545. The number of aryl methyl sites for hydroxylation is 1. The molecule has 11 aromatic rings. The van der Waals surface area contributed by atoms with Crippen LogP contribution in [0.5, 0.6) is 0 Å². The molecule has 11 rings (SSSR count). The molecule has 7 aromatic carbocycles. The van der Waals surface area contributed by atoms with Crippen LogP contribution in [0.15, 0.2) is 160 Å². The average Bonchev–Trinajstić information content (AvgIpc) is 3.91. The van der Waals surface area contributed by atoms with E-state index in [1.54, 1.807) is 0 Å². The molecular formula is C49H34N4O2. The molecule has 262 valence electrons.